The molecule has 0 fully saturated rings. The Hall–Kier alpha value is -3.11. The van der Waals surface area contributed by atoms with Gasteiger partial charge in [-0.15, -0.1) is 0 Å². The fourth-order valence-corrected chi connectivity index (χ4v) is 5.11. The fraction of sp³-hybridized carbons (Fsp3) is 0.259. The van der Waals surface area contributed by atoms with Crippen LogP contribution in [0.3, 0.4) is 0 Å². The zero-order chi connectivity index (χ0) is 27.5. The second kappa shape index (κ2) is 14.2. The third kappa shape index (κ3) is 8.19. The van der Waals surface area contributed by atoms with Gasteiger partial charge < -0.3 is 9.47 Å². The summed E-state index contributed by atoms with van der Waals surface area (Å²) in [5, 5.41) is 4.62. The molecule has 0 saturated heterocycles. The lowest BCUT2D eigenvalue weighted by Crippen LogP contribution is -2.39. The van der Waals surface area contributed by atoms with Crippen molar-refractivity contribution >= 4 is 45.3 Å². The largest absolute Gasteiger partial charge is 0.490 e. The molecule has 0 heterocycles. The molecular formula is C27H29Cl2N3O5S. The van der Waals surface area contributed by atoms with Gasteiger partial charge in [-0.05, 0) is 66.9 Å². The minimum Gasteiger partial charge on any atom is -0.490 e. The molecule has 0 unspecified atom stereocenters. The lowest BCUT2D eigenvalue weighted by Gasteiger charge is -2.21. The van der Waals surface area contributed by atoms with E-state index in [1.54, 1.807) is 54.6 Å². The molecule has 1 N–H and O–H groups in total. The highest BCUT2D eigenvalue weighted by Gasteiger charge is 2.27. The van der Waals surface area contributed by atoms with Crippen molar-refractivity contribution in [2.45, 2.75) is 31.7 Å². The average Bonchev–Trinajstić information content (AvgIpc) is 2.90. The fourth-order valence-electron chi connectivity index (χ4n) is 3.39. The Morgan fingerprint density at radius 2 is 1.74 bits per heavy atom. The average molecular weight is 579 g/mol. The van der Waals surface area contributed by atoms with E-state index in [4.69, 9.17) is 32.7 Å². The van der Waals surface area contributed by atoms with Gasteiger partial charge in [0.15, 0.2) is 11.5 Å². The topological polar surface area (TPSA) is 97.3 Å². The molecule has 3 rings (SSSR count). The molecule has 202 valence electrons. The Morgan fingerprint density at radius 3 is 2.42 bits per heavy atom. The van der Waals surface area contributed by atoms with E-state index in [9.17, 15) is 13.2 Å². The zero-order valence-corrected chi connectivity index (χ0v) is 23.4. The second-order valence-corrected chi connectivity index (χ2v) is 10.9. The molecule has 0 atom stereocenters. The lowest BCUT2D eigenvalue weighted by molar-refractivity contribution is -0.121. The molecule has 0 aliphatic rings. The Bertz CT molecular complexity index is 1370. The number of halogens is 2. The van der Waals surface area contributed by atoms with E-state index < -0.39 is 22.5 Å². The maximum absolute atomic E-state index is 13.3. The summed E-state index contributed by atoms with van der Waals surface area (Å²) in [6.45, 7) is 4.35. The first-order valence-corrected chi connectivity index (χ1v) is 14.1. The number of hydrogen-bond acceptors (Lipinski definition) is 6. The van der Waals surface area contributed by atoms with Gasteiger partial charge in [0.25, 0.3) is 5.91 Å². The normalized spacial score (nSPS) is 11.6. The first kappa shape index (κ1) is 29.4. The van der Waals surface area contributed by atoms with Crippen LogP contribution in [0.15, 0.2) is 76.7 Å². The van der Waals surface area contributed by atoms with Crippen molar-refractivity contribution in [1.29, 1.82) is 0 Å². The van der Waals surface area contributed by atoms with Crippen LogP contribution in [0.4, 0.5) is 0 Å². The predicted octanol–water partition coefficient (Wildman–Crippen LogP) is 5.52. The minimum atomic E-state index is -4.00. The van der Waals surface area contributed by atoms with Gasteiger partial charge in [-0.1, -0.05) is 54.4 Å². The van der Waals surface area contributed by atoms with E-state index in [1.807, 2.05) is 13.8 Å². The molecule has 1 amide bonds. The van der Waals surface area contributed by atoms with Gasteiger partial charge >= 0.3 is 0 Å². The molecule has 0 bridgehead atoms. The van der Waals surface area contributed by atoms with Crippen LogP contribution < -0.4 is 14.9 Å². The van der Waals surface area contributed by atoms with Gasteiger partial charge in [-0.25, -0.2) is 13.8 Å². The maximum atomic E-state index is 13.3. The van der Waals surface area contributed by atoms with Crippen LogP contribution in [0.1, 0.15) is 31.4 Å². The monoisotopic (exact) mass is 577 g/mol. The third-order valence-corrected chi connectivity index (χ3v) is 7.72. The van der Waals surface area contributed by atoms with E-state index in [0.717, 1.165) is 10.7 Å². The minimum absolute atomic E-state index is 0.0604. The highest BCUT2D eigenvalue weighted by atomic mass is 35.5. The summed E-state index contributed by atoms with van der Waals surface area (Å²) in [4.78, 5) is 12.8. The first-order chi connectivity index (χ1) is 18.2. The Kier molecular flexibility index (Phi) is 11.0. The molecule has 0 radical (unpaired) electrons. The number of sulfonamides is 1. The van der Waals surface area contributed by atoms with Crippen molar-refractivity contribution in [2.24, 2.45) is 5.10 Å². The number of ether oxygens (including phenoxy) is 2. The highest BCUT2D eigenvalue weighted by molar-refractivity contribution is 7.89. The third-order valence-electron chi connectivity index (χ3n) is 5.18. The quantitative estimate of drug-likeness (QED) is 0.213. The molecule has 8 nitrogen and oxygen atoms in total. The van der Waals surface area contributed by atoms with E-state index >= 15 is 0 Å². The summed E-state index contributed by atoms with van der Waals surface area (Å²) in [5.41, 5.74) is 3.64. The molecule has 3 aromatic carbocycles. The summed E-state index contributed by atoms with van der Waals surface area (Å²) < 4.78 is 39.1. The van der Waals surface area contributed by atoms with Crippen molar-refractivity contribution in [3.63, 3.8) is 0 Å². The molecular weight excluding hydrogens is 549 g/mol. The van der Waals surface area contributed by atoms with E-state index in [-0.39, 0.29) is 16.5 Å². The molecule has 0 aliphatic carbocycles. The summed E-state index contributed by atoms with van der Waals surface area (Å²) in [5.74, 6) is 0.575. The van der Waals surface area contributed by atoms with Crippen molar-refractivity contribution in [2.75, 3.05) is 19.8 Å². The van der Waals surface area contributed by atoms with Crippen molar-refractivity contribution in [3.8, 4) is 11.5 Å². The van der Waals surface area contributed by atoms with E-state index in [1.165, 1.54) is 18.3 Å². The lowest BCUT2D eigenvalue weighted by atomic mass is 10.2. The first-order valence-electron chi connectivity index (χ1n) is 11.9. The number of benzene rings is 3. The molecule has 0 saturated carbocycles. The van der Waals surface area contributed by atoms with Crippen molar-refractivity contribution in [1.82, 2.24) is 9.73 Å². The number of hydrogen-bond donors (Lipinski definition) is 1. The molecule has 3 aromatic rings. The van der Waals surface area contributed by atoms with Gasteiger partial charge in [0, 0.05) is 6.54 Å². The van der Waals surface area contributed by atoms with Gasteiger partial charge in [0.2, 0.25) is 10.0 Å². The number of carbonyl (C=O) groups excluding carboxylic acids is 1. The van der Waals surface area contributed by atoms with Crippen LogP contribution in [0.25, 0.3) is 0 Å². The van der Waals surface area contributed by atoms with Crippen LogP contribution in [-0.2, 0) is 21.4 Å². The Balaban J connectivity index is 1.76. The van der Waals surface area contributed by atoms with Gasteiger partial charge in [0.05, 0.1) is 40.9 Å². The number of hydrazone groups is 1. The molecule has 11 heteroatoms. The van der Waals surface area contributed by atoms with Gasteiger partial charge in [0.1, 0.15) is 0 Å². The summed E-state index contributed by atoms with van der Waals surface area (Å²) >= 11 is 12.1. The Morgan fingerprint density at radius 1 is 0.974 bits per heavy atom. The SMILES string of the molecule is CCCOc1ccc(/C=N/NC(=O)CN(Cc2ccc(Cl)c(Cl)c2)S(=O)(=O)c2ccccc2)cc1OCC. The number of rotatable bonds is 13. The van der Waals surface area contributed by atoms with Gasteiger partial charge in [-0.2, -0.15) is 9.41 Å². The Labute approximate surface area is 233 Å². The van der Waals surface area contributed by atoms with Crippen LogP contribution in [0.5, 0.6) is 11.5 Å². The molecule has 0 spiro atoms. The molecule has 38 heavy (non-hydrogen) atoms. The van der Waals surface area contributed by atoms with Crippen LogP contribution in [0, 0.1) is 0 Å². The smallest absolute Gasteiger partial charge is 0.255 e. The maximum Gasteiger partial charge on any atom is 0.255 e. The molecule has 0 aromatic heterocycles. The van der Waals surface area contributed by atoms with Crippen molar-refractivity contribution in [3.05, 3.63) is 87.9 Å². The second-order valence-electron chi connectivity index (χ2n) is 8.12. The van der Waals surface area contributed by atoms with Crippen LogP contribution >= 0.6 is 23.2 Å². The highest BCUT2D eigenvalue weighted by Crippen LogP contribution is 2.28. The van der Waals surface area contributed by atoms with Crippen LogP contribution in [0.2, 0.25) is 10.0 Å². The number of nitrogens with zero attached hydrogens (tertiary/aromatic N) is 2. The summed E-state index contributed by atoms with van der Waals surface area (Å²) in [7, 11) is -4.00. The predicted molar refractivity (Wildman–Crippen MR) is 150 cm³/mol. The number of nitrogens with one attached hydrogen (secondary N) is 1. The van der Waals surface area contributed by atoms with E-state index in [0.29, 0.717) is 40.9 Å². The van der Waals surface area contributed by atoms with Crippen molar-refractivity contribution < 1.29 is 22.7 Å². The zero-order valence-electron chi connectivity index (χ0n) is 21.1. The summed E-state index contributed by atoms with van der Waals surface area (Å²) in [6.07, 6.45) is 2.31. The molecule has 0 aliphatic heterocycles. The standard InChI is InChI=1S/C27H29Cl2N3O5S/c1-3-14-37-25-13-11-20(16-26(25)36-4-2)17-30-31-27(33)19-32(18-21-10-12-23(28)24(29)15-21)38(34,35)22-8-6-5-7-9-22/h5-13,15-17H,3-4,14,18-19H2,1-2H3,(H,31,33)/b30-17+. The number of amides is 1. The number of carbonyl (C=O) groups is 1. The van der Waals surface area contributed by atoms with E-state index in [2.05, 4.69) is 10.5 Å². The van der Waals surface area contributed by atoms with Gasteiger partial charge in [-0.3, -0.25) is 4.79 Å². The van der Waals surface area contributed by atoms with Crippen LogP contribution in [-0.4, -0.2) is 44.6 Å². The summed E-state index contributed by atoms with van der Waals surface area (Å²) in [6, 6.07) is 18.0.